The predicted molar refractivity (Wildman–Crippen MR) is 131 cm³/mol. The lowest BCUT2D eigenvalue weighted by Crippen LogP contribution is -2.46. The highest BCUT2D eigenvalue weighted by atomic mass is 15.2. The molecule has 0 N–H and O–H groups in total. The molecule has 2 aliphatic rings. The number of piperidine rings is 1. The lowest BCUT2D eigenvalue weighted by Gasteiger charge is -2.42. The first kappa shape index (κ1) is 22.6. The van der Waals surface area contributed by atoms with E-state index in [1.165, 1.54) is 53.6 Å². The molecule has 0 saturated carbocycles. The zero-order chi connectivity index (χ0) is 21.7. The summed E-state index contributed by atoms with van der Waals surface area (Å²) in [6, 6.07) is 6.73. The molecule has 1 aliphatic carbocycles. The summed E-state index contributed by atoms with van der Waals surface area (Å²) in [6.45, 7) is 17.7. The first-order chi connectivity index (χ1) is 14.4. The number of rotatable bonds is 7. The lowest BCUT2D eigenvalue weighted by molar-refractivity contribution is 0.197. The Morgan fingerprint density at radius 3 is 2.37 bits per heavy atom. The van der Waals surface area contributed by atoms with Crippen LogP contribution in [0.1, 0.15) is 56.6 Å². The van der Waals surface area contributed by atoms with Crippen LogP contribution in [0.5, 0.6) is 0 Å². The quantitative estimate of drug-likeness (QED) is 0.295. The van der Waals surface area contributed by atoms with Crippen LogP contribution < -0.4 is 4.90 Å². The van der Waals surface area contributed by atoms with Crippen molar-refractivity contribution in [3.8, 4) is 0 Å². The number of aryl methyl sites for hydroxylation is 2. The molecular formula is C27H39N3. The van der Waals surface area contributed by atoms with Crippen LogP contribution in [0, 0.1) is 19.8 Å². The fraction of sp³-hybridized carbons (Fsp3) is 0.519. The van der Waals surface area contributed by atoms with Crippen molar-refractivity contribution in [3.05, 3.63) is 65.4 Å². The summed E-state index contributed by atoms with van der Waals surface area (Å²) in [5, 5.41) is 0. The van der Waals surface area contributed by atoms with Gasteiger partial charge in [-0.25, -0.2) is 0 Å². The van der Waals surface area contributed by atoms with E-state index < -0.39 is 0 Å². The molecule has 3 heteroatoms. The van der Waals surface area contributed by atoms with Gasteiger partial charge < -0.3 is 4.90 Å². The average molecular weight is 406 g/mol. The standard InChI is InChI=1S/C27H39N3/c1-20(2)24-13-15-25(16-14-24)27(29-17-8-7-9-18-29)23(5)30(19-28-6)26-21(3)11-10-12-22(26)4/h10-12,15,19,24,27H,1,5,7-9,13-14,16-18H2,2-4,6H3. The number of benzene rings is 1. The highest BCUT2D eigenvalue weighted by molar-refractivity contribution is 5.86. The minimum atomic E-state index is 0.244. The molecule has 2 atom stereocenters. The molecule has 0 amide bonds. The van der Waals surface area contributed by atoms with E-state index in [9.17, 15) is 0 Å². The number of hydrogen-bond acceptors (Lipinski definition) is 2. The maximum absolute atomic E-state index is 4.67. The smallest absolute Gasteiger partial charge is 0.0934 e. The topological polar surface area (TPSA) is 18.8 Å². The van der Waals surface area contributed by atoms with Crippen molar-refractivity contribution >= 4 is 12.0 Å². The second-order valence-electron chi connectivity index (χ2n) is 9.07. The van der Waals surface area contributed by atoms with E-state index in [4.69, 9.17) is 0 Å². The summed E-state index contributed by atoms with van der Waals surface area (Å²) >= 11 is 0. The zero-order valence-corrected chi connectivity index (χ0v) is 19.5. The van der Waals surface area contributed by atoms with Crippen LogP contribution in [0.3, 0.4) is 0 Å². The third-order valence-electron chi connectivity index (χ3n) is 6.79. The van der Waals surface area contributed by atoms with E-state index in [0.29, 0.717) is 5.92 Å². The second kappa shape index (κ2) is 10.3. The maximum Gasteiger partial charge on any atom is 0.0934 e. The Kier molecular flexibility index (Phi) is 7.71. The number of allylic oxidation sites excluding steroid dienone is 2. The summed E-state index contributed by atoms with van der Waals surface area (Å²) in [5.74, 6) is 0.621. The van der Waals surface area contributed by atoms with Crippen molar-refractivity contribution < 1.29 is 0 Å². The van der Waals surface area contributed by atoms with Crippen LogP contribution in [0.2, 0.25) is 0 Å². The molecule has 0 bridgehead atoms. The molecule has 30 heavy (non-hydrogen) atoms. The van der Waals surface area contributed by atoms with Crippen LogP contribution >= 0.6 is 0 Å². The number of anilines is 1. The molecule has 2 unspecified atom stereocenters. The van der Waals surface area contributed by atoms with Crippen molar-refractivity contribution in [1.29, 1.82) is 0 Å². The molecule has 1 aliphatic heterocycles. The minimum absolute atomic E-state index is 0.244. The first-order valence-corrected chi connectivity index (χ1v) is 11.5. The molecule has 162 valence electrons. The van der Waals surface area contributed by atoms with Gasteiger partial charge in [0, 0.05) is 12.7 Å². The molecule has 1 aromatic rings. The summed E-state index contributed by atoms with van der Waals surface area (Å²) in [4.78, 5) is 9.32. The van der Waals surface area contributed by atoms with Crippen LogP contribution in [-0.2, 0) is 0 Å². The van der Waals surface area contributed by atoms with Crippen molar-refractivity contribution in [2.24, 2.45) is 10.9 Å². The summed E-state index contributed by atoms with van der Waals surface area (Å²) < 4.78 is 0. The van der Waals surface area contributed by atoms with Gasteiger partial charge in [0.05, 0.1) is 18.1 Å². The van der Waals surface area contributed by atoms with Crippen molar-refractivity contribution in [2.45, 2.75) is 65.3 Å². The minimum Gasteiger partial charge on any atom is -0.303 e. The van der Waals surface area contributed by atoms with Crippen LogP contribution in [-0.4, -0.2) is 37.4 Å². The van der Waals surface area contributed by atoms with E-state index in [2.05, 4.69) is 73.0 Å². The van der Waals surface area contributed by atoms with Crippen molar-refractivity contribution in [3.63, 3.8) is 0 Å². The zero-order valence-electron chi connectivity index (χ0n) is 19.5. The van der Waals surface area contributed by atoms with E-state index in [1.54, 1.807) is 0 Å². The molecule has 0 radical (unpaired) electrons. The summed E-state index contributed by atoms with van der Waals surface area (Å²) in [6.07, 6.45) is 11.8. The van der Waals surface area contributed by atoms with Crippen LogP contribution in [0.25, 0.3) is 0 Å². The number of nitrogens with zero attached hydrogens (tertiary/aromatic N) is 3. The molecule has 3 nitrogen and oxygen atoms in total. The Hall–Kier alpha value is -2.13. The number of likely N-dealkylation sites (tertiary alicyclic amines) is 1. The van der Waals surface area contributed by atoms with E-state index in [1.807, 2.05) is 13.4 Å². The van der Waals surface area contributed by atoms with E-state index in [0.717, 1.165) is 31.6 Å². The predicted octanol–water partition coefficient (Wildman–Crippen LogP) is 6.44. The Morgan fingerprint density at radius 1 is 1.17 bits per heavy atom. The van der Waals surface area contributed by atoms with Gasteiger partial charge in [-0.05, 0) is 83.0 Å². The van der Waals surface area contributed by atoms with Crippen LogP contribution in [0.4, 0.5) is 5.69 Å². The van der Waals surface area contributed by atoms with Gasteiger partial charge in [-0.1, -0.05) is 55.0 Å². The maximum atomic E-state index is 4.67. The third-order valence-corrected chi connectivity index (χ3v) is 6.79. The molecule has 0 spiro atoms. The van der Waals surface area contributed by atoms with E-state index in [-0.39, 0.29) is 6.04 Å². The molecule has 1 aromatic carbocycles. The highest BCUT2D eigenvalue weighted by Gasteiger charge is 2.32. The fourth-order valence-electron chi connectivity index (χ4n) is 5.09. The number of aliphatic imine (C=N–C) groups is 1. The Balaban J connectivity index is 1.99. The lowest BCUT2D eigenvalue weighted by atomic mass is 9.82. The van der Waals surface area contributed by atoms with Gasteiger partial charge in [0.2, 0.25) is 0 Å². The molecule has 0 aromatic heterocycles. The number of hydrogen-bond donors (Lipinski definition) is 0. The molecular weight excluding hydrogens is 366 g/mol. The van der Waals surface area contributed by atoms with Gasteiger partial charge in [0.15, 0.2) is 0 Å². The van der Waals surface area contributed by atoms with Crippen molar-refractivity contribution in [1.82, 2.24) is 4.90 Å². The van der Waals surface area contributed by atoms with Gasteiger partial charge in [0.1, 0.15) is 0 Å². The first-order valence-electron chi connectivity index (χ1n) is 11.5. The van der Waals surface area contributed by atoms with Gasteiger partial charge in [-0.15, -0.1) is 0 Å². The Morgan fingerprint density at radius 2 is 1.83 bits per heavy atom. The third kappa shape index (κ3) is 4.95. The normalized spacial score (nSPS) is 21.3. The molecule has 1 saturated heterocycles. The Labute approximate surface area is 183 Å². The second-order valence-corrected chi connectivity index (χ2v) is 9.07. The average Bonchev–Trinajstić information content (AvgIpc) is 2.74. The largest absolute Gasteiger partial charge is 0.303 e. The molecule has 1 heterocycles. The SMILES string of the molecule is C=C(C)C1CC=C(C(C(=C)N(C=NC)c2c(C)cccc2C)N2CCCCC2)CC1. The number of para-hydroxylation sites is 1. The van der Waals surface area contributed by atoms with Gasteiger partial charge >= 0.3 is 0 Å². The molecule has 1 fully saturated rings. The fourth-order valence-corrected chi connectivity index (χ4v) is 5.09. The van der Waals surface area contributed by atoms with E-state index >= 15 is 0 Å². The van der Waals surface area contributed by atoms with Crippen LogP contribution in [0.15, 0.2) is 59.3 Å². The molecule has 3 rings (SSSR count). The monoisotopic (exact) mass is 405 g/mol. The Bertz CT molecular complexity index is 806. The highest BCUT2D eigenvalue weighted by Crippen LogP contribution is 2.37. The summed E-state index contributed by atoms with van der Waals surface area (Å²) in [5.41, 5.74) is 7.70. The van der Waals surface area contributed by atoms with Gasteiger partial charge in [-0.2, -0.15) is 0 Å². The summed E-state index contributed by atoms with van der Waals surface area (Å²) in [7, 11) is 1.85. The van der Waals surface area contributed by atoms with Crippen molar-refractivity contribution in [2.75, 3.05) is 25.0 Å². The van der Waals surface area contributed by atoms with Gasteiger partial charge in [0.25, 0.3) is 0 Å². The van der Waals surface area contributed by atoms with Gasteiger partial charge in [-0.3, -0.25) is 9.89 Å².